The van der Waals surface area contributed by atoms with Crippen LogP contribution >= 0.6 is 0 Å². The summed E-state index contributed by atoms with van der Waals surface area (Å²) in [6, 6.07) is 5.18. The lowest BCUT2D eigenvalue weighted by Crippen LogP contribution is -2.47. The molecule has 1 aliphatic heterocycles. The Kier molecular flexibility index (Phi) is 5.35. The van der Waals surface area contributed by atoms with E-state index in [1.807, 2.05) is 11.8 Å². The summed E-state index contributed by atoms with van der Waals surface area (Å²) in [6.07, 6.45) is 3.25. The quantitative estimate of drug-likeness (QED) is 0.572. The van der Waals surface area contributed by atoms with Crippen LogP contribution in [0.5, 0.6) is 11.6 Å². The number of nitro groups is 1. The van der Waals surface area contributed by atoms with Gasteiger partial charge in [-0.25, -0.2) is 0 Å². The van der Waals surface area contributed by atoms with Crippen molar-refractivity contribution in [3.05, 3.63) is 40.7 Å². The molecule has 0 spiro atoms. The van der Waals surface area contributed by atoms with Crippen molar-refractivity contribution in [2.75, 3.05) is 49.7 Å². The van der Waals surface area contributed by atoms with Gasteiger partial charge in [-0.15, -0.1) is 0 Å². The number of methoxy groups -OCH3 is 1. The normalized spacial score (nSPS) is 14.2. The van der Waals surface area contributed by atoms with E-state index in [2.05, 4.69) is 14.9 Å². The number of rotatable bonds is 6. The zero-order chi connectivity index (χ0) is 18.5. The number of piperazine rings is 1. The number of benzene rings is 1. The zero-order valence-electron chi connectivity index (χ0n) is 14.8. The molecule has 2 aromatic rings. The first-order chi connectivity index (χ1) is 12.6. The van der Waals surface area contributed by atoms with E-state index in [4.69, 9.17) is 9.47 Å². The van der Waals surface area contributed by atoms with Crippen molar-refractivity contribution < 1.29 is 14.4 Å². The van der Waals surface area contributed by atoms with Crippen LogP contribution in [-0.4, -0.2) is 54.8 Å². The van der Waals surface area contributed by atoms with Gasteiger partial charge in [0.15, 0.2) is 11.6 Å². The minimum absolute atomic E-state index is 0.0176. The predicted octanol–water partition coefficient (Wildman–Crippen LogP) is 2.12. The molecule has 0 radical (unpaired) electrons. The molecule has 0 unspecified atom stereocenters. The third kappa shape index (κ3) is 3.61. The SMILES string of the molecule is CCOc1cccc(N2CCN(c3cncc(OC)n3)CC2)c1[N+](=O)[O-]. The molecular weight excluding hydrogens is 338 g/mol. The average molecular weight is 359 g/mol. The topological polar surface area (TPSA) is 93.9 Å². The molecule has 1 aliphatic rings. The molecule has 1 aromatic carbocycles. The highest BCUT2D eigenvalue weighted by atomic mass is 16.6. The van der Waals surface area contributed by atoms with E-state index in [1.54, 1.807) is 37.7 Å². The van der Waals surface area contributed by atoms with Crippen molar-refractivity contribution in [3.8, 4) is 11.6 Å². The molecule has 2 heterocycles. The molecule has 0 atom stereocenters. The Hall–Kier alpha value is -3.10. The fraction of sp³-hybridized carbons (Fsp3) is 0.412. The van der Waals surface area contributed by atoms with Gasteiger partial charge < -0.3 is 19.3 Å². The van der Waals surface area contributed by atoms with Gasteiger partial charge in [0.05, 0.1) is 31.0 Å². The van der Waals surface area contributed by atoms with E-state index in [0.717, 1.165) is 5.82 Å². The van der Waals surface area contributed by atoms with Gasteiger partial charge in [0.2, 0.25) is 5.88 Å². The van der Waals surface area contributed by atoms with Gasteiger partial charge in [0, 0.05) is 26.2 Å². The molecule has 0 aliphatic carbocycles. The fourth-order valence-electron chi connectivity index (χ4n) is 2.99. The van der Waals surface area contributed by atoms with Crippen molar-refractivity contribution >= 4 is 17.2 Å². The van der Waals surface area contributed by atoms with E-state index >= 15 is 0 Å². The van der Waals surface area contributed by atoms with Crippen LogP contribution in [0, 0.1) is 10.1 Å². The summed E-state index contributed by atoms with van der Waals surface area (Å²) < 4.78 is 10.5. The molecule has 1 fully saturated rings. The fourth-order valence-corrected chi connectivity index (χ4v) is 2.99. The number of ether oxygens (including phenoxy) is 2. The van der Waals surface area contributed by atoms with Gasteiger partial charge >= 0.3 is 5.69 Å². The van der Waals surface area contributed by atoms with E-state index in [9.17, 15) is 10.1 Å². The maximum atomic E-state index is 11.6. The third-order valence-electron chi connectivity index (χ3n) is 4.21. The lowest BCUT2D eigenvalue weighted by atomic mass is 10.2. The van der Waals surface area contributed by atoms with Crippen LogP contribution in [0.15, 0.2) is 30.6 Å². The van der Waals surface area contributed by atoms with Gasteiger partial charge in [-0.1, -0.05) is 6.07 Å². The molecule has 3 rings (SSSR count). The van der Waals surface area contributed by atoms with Crippen LogP contribution in [0.25, 0.3) is 0 Å². The molecule has 1 saturated heterocycles. The Labute approximate surface area is 151 Å². The van der Waals surface area contributed by atoms with Gasteiger partial charge in [-0.3, -0.25) is 15.1 Å². The van der Waals surface area contributed by atoms with E-state index in [1.165, 1.54) is 0 Å². The number of nitro benzene ring substituents is 1. The Morgan fingerprint density at radius 1 is 1.19 bits per heavy atom. The highest BCUT2D eigenvalue weighted by Crippen LogP contribution is 2.37. The monoisotopic (exact) mass is 359 g/mol. The Morgan fingerprint density at radius 2 is 1.92 bits per heavy atom. The van der Waals surface area contributed by atoms with E-state index < -0.39 is 0 Å². The second-order valence-corrected chi connectivity index (χ2v) is 5.71. The third-order valence-corrected chi connectivity index (χ3v) is 4.21. The first-order valence-corrected chi connectivity index (χ1v) is 8.40. The minimum atomic E-state index is -0.375. The summed E-state index contributed by atoms with van der Waals surface area (Å²) in [6.45, 7) is 4.82. The largest absolute Gasteiger partial charge is 0.487 e. The van der Waals surface area contributed by atoms with Crippen molar-refractivity contribution in [1.82, 2.24) is 9.97 Å². The summed E-state index contributed by atoms with van der Waals surface area (Å²) in [5, 5.41) is 11.6. The van der Waals surface area contributed by atoms with E-state index in [-0.39, 0.29) is 10.6 Å². The summed E-state index contributed by atoms with van der Waals surface area (Å²) in [7, 11) is 1.55. The summed E-state index contributed by atoms with van der Waals surface area (Å²) in [5.41, 5.74) is 0.598. The van der Waals surface area contributed by atoms with Crippen molar-refractivity contribution in [2.45, 2.75) is 6.92 Å². The second kappa shape index (κ2) is 7.85. The molecule has 0 N–H and O–H groups in total. The number of aromatic nitrogens is 2. The summed E-state index contributed by atoms with van der Waals surface area (Å²) in [5.74, 6) is 1.50. The van der Waals surface area contributed by atoms with Crippen LogP contribution in [0.4, 0.5) is 17.2 Å². The molecule has 0 bridgehead atoms. The first kappa shape index (κ1) is 17.7. The number of para-hydroxylation sites is 1. The van der Waals surface area contributed by atoms with E-state index in [0.29, 0.717) is 50.1 Å². The highest BCUT2D eigenvalue weighted by Gasteiger charge is 2.27. The molecule has 0 amide bonds. The average Bonchev–Trinajstić information content (AvgIpc) is 2.68. The van der Waals surface area contributed by atoms with Crippen molar-refractivity contribution in [3.63, 3.8) is 0 Å². The Balaban J connectivity index is 1.77. The second-order valence-electron chi connectivity index (χ2n) is 5.71. The summed E-state index contributed by atoms with van der Waals surface area (Å²) in [4.78, 5) is 23.8. The maximum Gasteiger partial charge on any atom is 0.333 e. The molecular formula is C17H21N5O4. The molecule has 1 aromatic heterocycles. The summed E-state index contributed by atoms with van der Waals surface area (Å²) >= 11 is 0. The van der Waals surface area contributed by atoms with Crippen LogP contribution in [-0.2, 0) is 0 Å². The lowest BCUT2D eigenvalue weighted by Gasteiger charge is -2.36. The van der Waals surface area contributed by atoms with Gasteiger partial charge in [0.1, 0.15) is 5.69 Å². The number of hydrogen-bond donors (Lipinski definition) is 0. The smallest absolute Gasteiger partial charge is 0.333 e. The van der Waals surface area contributed by atoms with Gasteiger partial charge in [0.25, 0.3) is 0 Å². The standard InChI is InChI=1S/C17H21N5O4/c1-3-26-14-6-4-5-13(17(14)22(23)24)20-7-9-21(10-8-20)15-11-18-12-16(19-15)25-2/h4-6,11-12H,3,7-10H2,1-2H3. The van der Waals surface area contributed by atoms with Gasteiger partial charge in [-0.2, -0.15) is 4.98 Å². The number of anilines is 2. The van der Waals surface area contributed by atoms with Crippen molar-refractivity contribution in [1.29, 1.82) is 0 Å². The molecule has 9 heteroatoms. The molecule has 0 saturated carbocycles. The molecule has 9 nitrogen and oxygen atoms in total. The van der Waals surface area contributed by atoms with Crippen LogP contribution in [0.3, 0.4) is 0 Å². The predicted molar refractivity (Wildman–Crippen MR) is 97.3 cm³/mol. The molecule has 138 valence electrons. The Bertz CT molecular complexity index is 777. The minimum Gasteiger partial charge on any atom is -0.487 e. The molecule has 26 heavy (non-hydrogen) atoms. The van der Waals surface area contributed by atoms with Crippen LogP contribution < -0.4 is 19.3 Å². The number of nitrogens with zero attached hydrogens (tertiary/aromatic N) is 5. The first-order valence-electron chi connectivity index (χ1n) is 8.40. The number of hydrogen-bond acceptors (Lipinski definition) is 8. The highest BCUT2D eigenvalue weighted by molar-refractivity contribution is 5.70. The van der Waals surface area contributed by atoms with Crippen molar-refractivity contribution in [2.24, 2.45) is 0 Å². The van der Waals surface area contributed by atoms with Crippen LogP contribution in [0.1, 0.15) is 6.92 Å². The maximum absolute atomic E-state index is 11.6. The zero-order valence-corrected chi connectivity index (χ0v) is 14.8. The lowest BCUT2D eigenvalue weighted by molar-refractivity contribution is -0.385. The van der Waals surface area contributed by atoms with Crippen LogP contribution in [0.2, 0.25) is 0 Å². The van der Waals surface area contributed by atoms with Gasteiger partial charge in [-0.05, 0) is 19.1 Å². The Morgan fingerprint density at radius 3 is 2.58 bits per heavy atom.